The van der Waals surface area contributed by atoms with E-state index >= 15 is 0 Å². The third-order valence-electron chi connectivity index (χ3n) is 3.30. The van der Waals surface area contributed by atoms with Crippen LogP contribution in [0.2, 0.25) is 0 Å². The fourth-order valence-corrected chi connectivity index (χ4v) is 2.18. The first kappa shape index (κ1) is 15.5. The normalized spacial score (nSPS) is 16.2. The second-order valence-electron chi connectivity index (χ2n) is 5.24. The van der Waals surface area contributed by atoms with E-state index in [1.807, 2.05) is 0 Å². The zero-order valence-electron chi connectivity index (χ0n) is 11.6. The van der Waals surface area contributed by atoms with Gasteiger partial charge in [0.25, 0.3) is 0 Å². The van der Waals surface area contributed by atoms with E-state index in [2.05, 4.69) is 0 Å². The summed E-state index contributed by atoms with van der Waals surface area (Å²) in [5, 5.41) is 8.64. The zero-order valence-corrected chi connectivity index (χ0v) is 11.6. The van der Waals surface area contributed by atoms with Gasteiger partial charge in [0.1, 0.15) is 0 Å². The van der Waals surface area contributed by atoms with Gasteiger partial charge < -0.3 is 14.9 Å². The Morgan fingerprint density at radius 3 is 2.32 bits per heavy atom. The van der Waals surface area contributed by atoms with Crippen LogP contribution in [0.4, 0.5) is 0 Å². The number of likely N-dealkylation sites (N-methyl/N-ethyl adjacent to an activating group) is 1. The van der Waals surface area contributed by atoms with Crippen LogP contribution in [0.5, 0.6) is 0 Å². The number of hydrogen-bond acceptors (Lipinski definition) is 3. The molecule has 19 heavy (non-hydrogen) atoms. The Kier molecular flexibility index (Phi) is 5.79. The standard InChI is InChI=1S/C13H22N2O4/c1-10(8-13(18)19)7-11(16)14(2)9-12(17)15-5-3-4-6-15/h10H,3-9H2,1-2H3,(H,18,19). The summed E-state index contributed by atoms with van der Waals surface area (Å²) in [5.41, 5.74) is 0. The highest BCUT2D eigenvalue weighted by Crippen LogP contribution is 2.11. The van der Waals surface area contributed by atoms with Crippen LogP contribution >= 0.6 is 0 Å². The number of carbonyl (C=O) groups excluding carboxylic acids is 2. The number of hydrogen-bond donors (Lipinski definition) is 1. The molecular weight excluding hydrogens is 248 g/mol. The van der Waals surface area contributed by atoms with Crippen molar-refractivity contribution in [3.05, 3.63) is 0 Å². The van der Waals surface area contributed by atoms with Crippen LogP contribution in [-0.2, 0) is 14.4 Å². The molecule has 0 bridgehead atoms. The Hall–Kier alpha value is -1.59. The number of carbonyl (C=O) groups is 3. The van der Waals surface area contributed by atoms with E-state index in [0.29, 0.717) is 0 Å². The molecule has 0 aliphatic carbocycles. The van der Waals surface area contributed by atoms with Crippen molar-refractivity contribution >= 4 is 17.8 Å². The highest BCUT2D eigenvalue weighted by molar-refractivity contribution is 5.85. The van der Waals surface area contributed by atoms with E-state index in [-0.39, 0.29) is 37.1 Å². The number of aliphatic carboxylic acids is 1. The molecule has 0 aromatic carbocycles. The number of carboxylic acid groups (broad SMARTS) is 1. The van der Waals surface area contributed by atoms with Crippen LogP contribution in [-0.4, -0.2) is 59.4 Å². The van der Waals surface area contributed by atoms with Gasteiger partial charge >= 0.3 is 5.97 Å². The summed E-state index contributed by atoms with van der Waals surface area (Å²) >= 11 is 0. The van der Waals surface area contributed by atoms with E-state index < -0.39 is 5.97 Å². The second-order valence-corrected chi connectivity index (χ2v) is 5.24. The minimum atomic E-state index is -0.906. The van der Waals surface area contributed by atoms with Crippen molar-refractivity contribution in [2.45, 2.75) is 32.6 Å². The summed E-state index contributed by atoms with van der Waals surface area (Å²) in [6.45, 7) is 3.35. The Morgan fingerprint density at radius 2 is 1.79 bits per heavy atom. The van der Waals surface area contributed by atoms with Gasteiger partial charge in [-0.3, -0.25) is 14.4 Å². The minimum Gasteiger partial charge on any atom is -0.481 e. The number of nitrogens with zero attached hydrogens (tertiary/aromatic N) is 2. The highest BCUT2D eigenvalue weighted by atomic mass is 16.4. The lowest BCUT2D eigenvalue weighted by atomic mass is 10.0. The van der Waals surface area contributed by atoms with E-state index in [0.717, 1.165) is 25.9 Å². The van der Waals surface area contributed by atoms with Crippen molar-refractivity contribution in [1.29, 1.82) is 0 Å². The molecule has 1 aliphatic heterocycles. The van der Waals surface area contributed by atoms with E-state index in [1.54, 1.807) is 18.9 Å². The lowest BCUT2D eigenvalue weighted by Gasteiger charge is -2.22. The Morgan fingerprint density at radius 1 is 1.21 bits per heavy atom. The fraction of sp³-hybridized carbons (Fsp3) is 0.769. The smallest absolute Gasteiger partial charge is 0.303 e. The topological polar surface area (TPSA) is 77.9 Å². The third-order valence-corrected chi connectivity index (χ3v) is 3.30. The third kappa shape index (κ3) is 5.28. The average Bonchev–Trinajstić information content (AvgIpc) is 2.80. The molecule has 0 aromatic rings. The van der Waals surface area contributed by atoms with E-state index in [9.17, 15) is 14.4 Å². The summed E-state index contributed by atoms with van der Waals surface area (Å²) < 4.78 is 0. The predicted molar refractivity (Wildman–Crippen MR) is 69.5 cm³/mol. The Balaban J connectivity index is 2.35. The maximum atomic E-state index is 11.9. The largest absolute Gasteiger partial charge is 0.481 e. The van der Waals surface area contributed by atoms with Crippen LogP contribution in [0.1, 0.15) is 32.6 Å². The molecule has 0 spiro atoms. The van der Waals surface area contributed by atoms with Crippen molar-refractivity contribution in [2.24, 2.45) is 5.92 Å². The quantitative estimate of drug-likeness (QED) is 0.765. The molecule has 6 nitrogen and oxygen atoms in total. The molecule has 1 saturated heterocycles. The minimum absolute atomic E-state index is 0.0281. The first-order valence-electron chi connectivity index (χ1n) is 6.63. The number of rotatable bonds is 6. The first-order chi connectivity index (χ1) is 8.90. The fourth-order valence-electron chi connectivity index (χ4n) is 2.18. The van der Waals surface area contributed by atoms with Crippen LogP contribution in [0.25, 0.3) is 0 Å². The number of carboxylic acids is 1. The molecule has 108 valence electrons. The molecule has 2 amide bonds. The summed E-state index contributed by atoms with van der Waals surface area (Å²) in [4.78, 5) is 37.4. The van der Waals surface area contributed by atoms with Crippen LogP contribution < -0.4 is 0 Å². The van der Waals surface area contributed by atoms with Gasteiger partial charge in [-0.15, -0.1) is 0 Å². The molecule has 1 fully saturated rings. The van der Waals surface area contributed by atoms with Crippen LogP contribution in [0.3, 0.4) is 0 Å². The maximum Gasteiger partial charge on any atom is 0.303 e. The Labute approximate surface area is 113 Å². The molecule has 0 saturated carbocycles. The molecule has 1 unspecified atom stereocenters. The van der Waals surface area contributed by atoms with Crippen LogP contribution in [0.15, 0.2) is 0 Å². The van der Waals surface area contributed by atoms with E-state index in [1.165, 1.54) is 4.90 Å². The van der Waals surface area contributed by atoms with Crippen molar-refractivity contribution in [3.63, 3.8) is 0 Å². The summed E-state index contributed by atoms with van der Waals surface area (Å²) in [7, 11) is 1.59. The van der Waals surface area contributed by atoms with Gasteiger partial charge in [0, 0.05) is 33.0 Å². The molecule has 0 radical (unpaired) electrons. The second kappa shape index (κ2) is 7.11. The van der Waals surface area contributed by atoms with Gasteiger partial charge in [-0.2, -0.15) is 0 Å². The zero-order chi connectivity index (χ0) is 14.4. The van der Waals surface area contributed by atoms with Gasteiger partial charge in [-0.1, -0.05) is 6.92 Å². The molecule has 6 heteroatoms. The van der Waals surface area contributed by atoms with Crippen molar-refractivity contribution < 1.29 is 19.5 Å². The molecule has 1 heterocycles. The maximum absolute atomic E-state index is 11.9. The molecule has 1 atom stereocenters. The molecule has 1 N–H and O–H groups in total. The average molecular weight is 270 g/mol. The lowest BCUT2D eigenvalue weighted by Crippen LogP contribution is -2.40. The van der Waals surface area contributed by atoms with Gasteiger partial charge in [0.15, 0.2) is 0 Å². The number of amides is 2. The monoisotopic (exact) mass is 270 g/mol. The predicted octanol–water partition coefficient (Wildman–Crippen LogP) is 0.568. The Bertz CT molecular complexity index is 351. The summed E-state index contributed by atoms with van der Waals surface area (Å²) in [6, 6.07) is 0. The van der Waals surface area contributed by atoms with Gasteiger partial charge in [-0.25, -0.2) is 0 Å². The SMILES string of the molecule is CC(CC(=O)O)CC(=O)N(C)CC(=O)N1CCCC1. The van der Waals surface area contributed by atoms with Crippen LogP contribution in [0, 0.1) is 5.92 Å². The highest BCUT2D eigenvalue weighted by Gasteiger charge is 2.22. The molecule has 1 aliphatic rings. The van der Waals surface area contributed by atoms with Crippen molar-refractivity contribution in [3.8, 4) is 0 Å². The van der Waals surface area contributed by atoms with E-state index in [4.69, 9.17) is 5.11 Å². The van der Waals surface area contributed by atoms with Crippen molar-refractivity contribution in [1.82, 2.24) is 9.80 Å². The molecule has 0 aromatic heterocycles. The first-order valence-corrected chi connectivity index (χ1v) is 6.63. The lowest BCUT2D eigenvalue weighted by molar-refractivity contribution is -0.141. The molecular formula is C13H22N2O4. The molecule has 1 rings (SSSR count). The van der Waals surface area contributed by atoms with Crippen molar-refractivity contribution in [2.75, 3.05) is 26.7 Å². The van der Waals surface area contributed by atoms with Gasteiger partial charge in [0.2, 0.25) is 11.8 Å². The summed E-state index contributed by atoms with van der Waals surface area (Å²) in [6.07, 6.45) is 2.19. The summed E-state index contributed by atoms with van der Waals surface area (Å²) in [5.74, 6) is -1.33. The van der Waals surface area contributed by atoms with Gasteiger partial charge in [-0.05, 0) is 18.8 Å². The number of likely N-dealkylation sites (tertiary alicyclic amines) is 1. The van der Waals surface area contributed by atoms with Gasteiger partial charge in [0.05, 0.1) is 6.54 Å².